The Bertz CT molecular complexity index is 334. The fourth-order valence-corrected chi connectivity index (χ4v) is 2.08. The van der Waals surface area contributed by atoms with Crippen LogP contribution in [0.4, 0.5) is 0 Å². The summed E-state index contributed by atoms with van der Waals surface area (Å²) in [6.07, 6.45) is 2.52. The summed E-state index contributed by atoms with van der Waals surface area (Å²) >= 11 is 0. The Kier molecular flexibility index (Phi) is 6.23. The second-order valence-electron chi connectivity index (χ2n) is 4.98. The van der Waals surface area contributed by atoms with Crippen LogP contribution >= 0.6 is 0 Å². The molecule has 17 heavy (non-hydrogen) atoms. The molecule has 0 atom stereocenters. The molecule has 2 nitrogen and oxygen atoms in total. The number of nitrogens with zero attached hydrogens (tertiary/aromatic N) is 1. The Morgan fingerprint density at radius 1 is 1.18 bits per heavy atom. The highest BCUT2D eigenvalue weighted by atomic mass is 15.1. The van der Waals surface area contributed by atoms with E-state index in [1.165, 1.54) is 36.1 Å². The Morgan fingerprint density at radius 3 is 2.59 bits per heavy atom. The molecule has 0 saturated heterocycles. The van der Waals surface area contributed by atoms with Gasteiger partial charge in [-0.2, -0.15) is 0 Å². The molecule has 96 valence electrons. The SMILES string of the molecule is CNCCCCN(C)Cc1ccc(C)cc1C. The van der Waals surface area contributed by atoms with Gasteiger partial charge in [-0.05, 0) is 65.0 Å². The van der Waals surface area contributed by atoms with Crippen LogP contribution in [-0.2, 0) is 6.54 Å². The van der Waals surface area contributed by atoms with E-state index in [0.717, 1.165) is 13.1 Å². The van der Waals surface area contributed by atoms with Crippen LogP contribution in [0.2, 0.25) is 0 Å². The summed E-state index contributed by atoms with van der Waals surface area (Å²) in [7, 11) is 4.22. The van der Waals surface area contributed by atoms with Crippen LogP contribution in [0.3, 0.4) is 0 Å². The molecule has 0 saturated carbocycles. The van der Waals surface area contributed by atoms with Crippen molar-refractivity contribution in [2.24, 2.45) is 0 Å². The average Bonchev–Trinajstić information content (AvgIpc) is 2.28. The summed E-state index contributed by atoms with van der Waals surface area (Å²) in [6.45, 7) is 7.72. The molecule has 0 spiro atoms. The maximum Gasteiger partial charge on any atom is 0.0233 e. The van der Waals surface area contributed by atoms with E-state index in [1.807, 2.05) is 7.05 Å². The van der Waals surface area contributed by atoms with Crippen LogP contribution in [0.5, 0.6) is 0 Å². The van der Waals surface area contributed by atoms with Gasteiger partial charge in [-0.15, -0.1) is 0 Å². The summed E-state index contributed by atoms with van der Waals surface area (Å²) in [5.41, 5.74) is 4.21. The highest BCUT2D eigenvalue weighted by Gasteiger charge is 2.03. The normalized spacial score (nSPS) is 11.1. The minimum absolute atomic E-state index is 1.06. The molecular weight excluding hydrogens is 208 g/mol. The van der Waals surface area contributed by atoms with E-state index in [4.69, 9.17) is 0 Å². The predicted octanol–water partition coefficient (Wildman–Crippen LogP) is 2.73. The van der Waals surface area contributed by atoms with Crippen molar-refractivity contribution >= 4 is 0 Å². The molecule has 1 aromatic rings. The quantitative estimate of drug-likeness (QED) is 0.730. The van der Waals surface area contributed by atoms with E-state index in [1.54, 1.807) is 0 Å². The zero-order valence-corrected chi connectivity index (χ0v) is 11.7. The van der Waals surface area contributed by atoms with Gasteiger partial charge in [0.2, 0.25) is 0 Å². The summed E-state index contributed by atoms with van der Waals surface area (Å²) in [5, 5.41) is 3.19. The highest BCUT2D eigenvalue weighted by Crippen LogP contribution is 2.12. The molecule has 1 rings (SSSR count). The lowest BCUT2D eigenvalue weighted by Gasteiger charge is -2.18. The lowest BCUT2D eigenvalue weighted by molar-refractivity contribution is 0.317. The van der Waals surface area contributed by atoms with Crippen molar-refractivity contribution in [1.82, 2.24) is 10.2 Å². The van der Waals surface area contributed by atoms with Crippen molar-refractivity contribution in [2.75, 3.05) is 27.2 Å². The Hall–Kier alpha value is -0.860. The first-order chi connectivity index (χ1) is 8.13. The molecule has 0 aromatic heterocycles. The maximum atomic E-state index is 3.19. The largest absolute Gasteiger partial charge is 0.320 e. The van der Waals surface area contributed by atoms with E-state index in [2.05, 4.69) is 49.3 Å². The average molecular weight is 234 g/mol. The Balaban J connectivity index is 2.37. The molecule has 0 unspecified atom stereocenters. The first kappa shape index (κ1) is 14.2. The van der Waals surface area contributed by atoms with Crippen LogP contribution in [0.15, 0.2) is 18.2 Å². The number of rotatable bonds is 7. The zero-order chi connectivity index (χ0) is 12.7. The molecule has 0 radical (unpaired) electrons. The monoisotopic (exact) mass is 234 g/mol. The number of hydrogen-bond donors (Lipinski definition) is 1. The number of hydrogen-bond acceptors (Lipinski definition) is 2. The van der Waals surface area contributed by atoms with Gasteiger partial charge in [-0.25, -0.2) is 0 Å². The number of aryl methyl sites for hydroxylation is 2. The first-order valence-electron chi connectivity index (χ1n) is 6.52. The van der Waals surface area contributed by atoms with Gasteiger partial charge >= 0.3 is 0 Å². The minimum Gasteiger partial charge on any atom is -0.320 e. The third-order valence-corrected chi connectivity index (χ3v) is 3.15. The summed E-state index contributed by atoms with van der Waals surface area (Å²) in [4.78, 5) is 2.41. The van der Waals surface area contributed by atoms with Gasteiger partial charge < -0.3 is 10.2 Å². The second-order valence-corrected chi connectivity index (χ2v) is 4.98. The van der Waals surface area contributed by atoms with Gasteiger partial charge in [-0.1, -0.05) is 23.8 Å². The molecule has 1 aromatic carbocycles. The van der Waals surface area contributed by atoms with Crippen molar-refractivity contribution in [2.45, 2.75) is 33.2 Å². The van der Waals surface area contributed by atoms with Crippen molar-refractivity contribution in [3.8, 4) is 0 Å². The van der Waals surface area contributed by atoms with E-state index < -0.39 is 0 Å². The molecule has 0 fully saturated rings. The lowest BCUT2D eigenvalue weighted by atomic mass is 10.1. The Labute approximate surface area is 106 Å². The molecule has 2 heteroatoms. The molecule has 0 heterocycles. The second kappa shape index (κ2) is 7.46. The molecule has 0 aliphatic carbocycles. The maximum absolute atomic E-state index is 3.19. The highest BCUT2D eigenvalue weighted by molar-refractivity contribution is 5.30. The zero-order valence-electron chi connectivity index (χ0n) is 11.7. The van der Waals surface area contributed by atoms with Crippen molar-refractivity contribution < 1.29 is 0 Å². The smallest absolute Gasteiger partial charge is 0.0233 e. The molecule has 0 bridgehead atoms. The van der Waals surface area contributed by atoms with E-state index >= 15 is 0 Å². The molecule has 0 aliphatic rings. The van der Waals surface area contributed by atoms with Crippen LogP contribution in [-0.4, -0.2) is 32.1 Å². The molecular formula is C15H26N2. The van der Waals surface area contributed by atoms with Gasteiger partial charge in [0.25, 0.3) is 0 Å². The van der Waals surface area contributed by atoms with Gasteiger partial charge in [0.15, 0.2) is 0 Å². The lowest BCUT2D eigenvalue weighted by Crippen LogP contribution is -2.20. The fraction of sp³-hybridized carbons (Fsp3) is 0.600. The summed E-state index contributed by atoms with van der Waals surface area (Å²) in [5.74, 6) is 0. The predicted molar refractivity (Wildman–Crippen MR) is 75.4 cm³/mol. The van der Waals surface area contributed by atoms with Crippen LogP contribution in [0.25, 0.3) is 0 Å². The topological polar surface area (TPSA) is 15.3 Å². The third kappa shape index (κ3) is 5.33. The minimum atomic E-state index is 1.06. The van der Waals surface area contributed by atoms with Crippen molar-refractivity contribution in [3.63, 3.8) is 0 Å². The number of benzene rings is 1. The van der Waals surface area contributed by atoms with Crippen LogP contribution < -0.4 is 5.32 Å². The summed E-state index contributed by atoms with van der Waals surface area (Å²) < 4.78 is 0. The van der Waals surface area contributed by atoms with E-state index in [9.17, 15) is 0 Å². The first-order valence-corrected chi connectivity index (χ1v) is 6.52. The van der Waals surface area contributed by atoms with Crippen LogP contribution in [0.1, 0.15) is 29.5 Å². The molecule has 0 aliphatic heterocycles. The third-order valence-electron chi connectivity index (χ3n) is 3.15. The van der Waals surface area contributed by atoms with Gasteiger partial charge in [0, 0.05) is 6.54 Å². The Morgan fingerprint density at radius 2 is 1.94 bits per heavy atom. The van der Waals surface area contributed by atoms with Crippen LogP contribution in [0, 0.1) is 13.8 Å². The summed E-state index contributed by atoms with van der Waals surface area (Å²) in [6, 6.07) is 6.73. The van der Waals surface area contributed by atoms with Gasteiger partial charge in [0.05, 0.1) is 0 Å². The van der Waals surface area contributed by atoms with Crippen molar-refractivity contribution in [1.29, 1.82) is 0 Å². The number of unbranched alkanes of at least 4 members (excludes halogenated alkanes) is 1. The standard InChI is InChI=1S/C15H26N2/c1-13-7-8-15(14(2)11-13)12-17(4)10-6-5-9-16-3/h7-8,11,16H,5-6,9-10,12H2,1-4H3. The van der Waals surface area contributed by atoms with E-state index in [0.29, 0.717) is 0 Å². The van der Waals surface area contributed by atoms with Gasteiger partial charge in [0.1, 0.15) is 0 Å². The molecule has 0 amide bonds. The molecule has 1 N–H and O–H groups in total. The van der Waals surface area contributed by atoms with E-state index in [-0.39, 0.29) is 0 Å². The van der Waals surface area contributed by atoms with Gasteiger partial charge in [-0.3, -0.25) is 0 Å². The fourth-order valence-electron chi connectivity index (χ4n) is 2.08. The van der Waals surface area contributed by atoms with Crippen molar-refractivity contribution in [3.05, 3.63) is 34.9 Å². The number of nitrogens with one attached hydrogen (secondary N) is 1.